The van der Waals surface area contributed by atoms with Crippen LogP contribution in [0.15, 0.2) is 35.5 Å². The van der Waals surface area contributed by atoms with Crippen molar-refractivity contribution in [3.63, 3.8) is 0 Å². The first-order valence-electron chi connectivity index (χ1n) is 10.8. The van der Waals surface area contributed by atoms with Crippen LogP contribution in [0, 0.1) is 26.7 Å². The Balaban J connectivity index is 1.78. The number of ketones is 1. The second-order valence-corrected chi connectivity index (χ2v) is 9.48. The van der Waals surface area contributed by atoms with Crippen LogP contribution in [0.1, 0.15) is 53.4 Å². The van der Waals surface area contributed by atoms with Gasteiger partial charge in [0.1, 0.15) is 5.82 Å². The molecule has 0 saturated carbocycles. The lowest BCUT2D eigenvalue weighted by molar-refractivity contribution is -0.118. The van der Waals surface area contributed by atoms with E-state index in [9.17, 15) is 9.59 Å². The van der Waals surface area contributed by atoms with Crippen molar-refractivity contribution in [2.24, 2.45) is 11.7 Å². The van der Waals surface area contributed by atoms with Gasteiger partial charge in [0.15, 0.2) is 10.9 Å². The maximum Gasteiger partial charge on any atom is 0.217 e. The van der Waals surface area contributed by atoms with Gasteiger partial charge in [-0.25, -0.2) is 0 Å². The lowest BCUT2D eigenvalue weighted by Crippen LogP contribution is -2.15. The van der Waals surface area contributed by atoms with Crippen LogP contribution in [-0.4, -0.2) is 36.8 Å². The summed E-state index contributed by atoms with van der Waals surface area (Å²) in [7, 11) is 0. The summed E-state index contributed by atoms with van der Waals surface area (Å²) in [6, 6.07) is 10.2. The fourth-order valence-electron chi connectivity index (χ4n) is 3.74. The highest BCUT2D eigenvalue weighted by Gasteiger charge is 2.20. The van der Waals surface area contributed by atoms with Crippen LogP contribution in [-0.2, 0) is 17.8 Å². The van der Waals surface area contributed by atoms with Crippen molar-refractivity contribution in [1.29, 1.82) is 0 Å². The first kappa shape index (κ1) is 23.8. The summed E-state index contributed by atoms with van der Waals surface area (Å²) in [4.78, 5) is 24.3. The van der Waals surface area contributed by atoms with Gasteiger partial charge in [-0.15, -0.1) is 10.2 Å². The number of hydrogen-bond acceptors (Lipinski definition) is 5. The third-order valence-corrected chi connectivity index (χ3v) is 6.26. The van der Waals surface area contributed by atoms with Gasteiger partial charge in [-0.1, -0.05) is 43.3 Å². The van der Waals surface area contributed by atoms with Crippen molar-refractivity contribution in [3.8, 4) is 5.69 Å². The summed E-state index contributed by atoms with van der Waals surface area (Å²) in [6.45, 7) is 11.0. The second-order valence-electron chi connectivity index (χ2n) is 8.54. The number of aryl methyl sites for hydroxylation is 3. The molecule has 0 aliphatic heterocycles. The molecule has 2 heterocycles. The van der Waals surface area contributed by atoms with Gasteiger partial charge in [0.25, 0.3) is 0 Å². The van der Waals surface area contributed by atoms with Crippen LogP contribution >= 0.6 is 11.8 Å². The molecule has 0 aliphatic rings. The minimum Gasteiger partial charge on any atom is -0.370 e. The molecule has 0 aliphatic carbocycles. The average Bonchev–Trinajstić information content (AvgIpc) is 3.24. The molecule has 170 valence electrons. The van der Waals surface area contributed by atoms with E-state index in [1.807, 2.05) is 24.5 Å². The highest BCUT2D eigenvalue weighted by molar-refractivity contribution is 7.99. The molecule has 0 fully saturated rings. The molecule has 3 rings (SSSR count). The minimum atomic E-state index is -0.364. The Bertz CT molecular complexity index is 1110. The predicted octanol–water partition coefficient (Wildman–Crippen LogP) is 4.04. The topological polar surface area (TPSA) is 95.8 Å². The fraction of sp³-hybridized carbons (Fsp3) is 0.417. The van der Waals surface area contributed by atoms with Crippen LogP contribution in [0.5, 0.6) is 0 Å². The van der Waals surface area contributed by atoms with E-state index >= 15 is 0 Å². The molecule has 32 heavy (non-hydrogen) atoms. The number of benzene rings is 1. The van der Waals surface area contributed by atoms with Crippen LogP contribution in [0.2, 0.25) is 0 Å². The standard InChI is InChI=1S/C24H31N5O2S/c1-15(2)13-28-23(11-10-22(25)31)26-27-24(28)32-14-21(30)20-12-17(4)29(18(20)5)19-8-6-16(3)7-9-19/h6-9,12,15H,10-11,13-14H2,1-5H3,(H2,25,31). The number of amides is 1. The first-order chi connectivity index (χ1) is 15.2. The molecule has 2 aromatic heterocycles. The van der Waals surface area contributed by atoms with E-state index in [1.165, 1.54) is 17.3 Å². The van der Waals surface area contributed by atoms with Gasteiger partial charge in [-0.2, -0.15) is 0 Å². The Kier molecular flexibility index (Phi) is 7.56. The maximum atomic E-state index is 13.1. The van der Waals surface area contributed by atoms with E-state index in [2.05, 4.69) is 59.8 Å². The number of nitrogens with zero attached hydrogens (tertiary/aromatic N) is 4. The van der Waals surface area contributed by atoms with Crippen LogP contribution in [0.25, 0.3) is 5.69 Å². The number of primary amides is 1. The minimum absolute atomic E-state index is 0.0549. The number of Topliss-reactive ketones (excluding diaryl/α,β-unsaturated/α-hetero) is 1. The van der Waals surface area contributed by atoms with E-state index in [-0.39, 0.29) is 23.9 Å². The lowest BCUT2D eigenvalue weighted by Gasteiger charge is -2.12. The molecule has 8 heteroatoms. The largest absolute Gasteiger partial charge is 0.370 e. The molecule has 0 saturated heterocycles. The molecule has 0 unspecified atom stereocenters. The number of rotatable bonds is 10. The van der Waals surface area contributed by atoms with Crippen molar-refractivity contribution in [3.05, 3.63) is 58.7 Å². The predicted molar refractivity (Wildman–Crippen MR) is 127 cm³/mol. The molecule has 7 nitrogen and oxygen atoms in total. The number of nitrogens with two attached hydrogens (primary N) is 1. The summed E-state index contributed by atoms with van der Waals surface area (Å²) in [5, 5.41) is 9.22. The third kappa shape index (κ3) is 5.48. The zero-order valence-electron chi connectivity index (χ0n) is 19.4. The molecule has 0 bridgehead atoms. The molecule has 1 aromatic carbocycles. The van der Waals surface area contributed by atoms with Crippen molar-refractivity contribution < 1.29 is 9.59 Å². The number of carbonyl (C=O) groups excluding carboxylic acids is 2. The summed E-state index contributed by atoms with van der Waals surface area (Å²) < 4.78 is 4.11. The number of carbonyl (C=O) groups is 2. The second kappa shape index (κ2) is 10.2. The molecular formula is C24H31N5O2S. The quantitative estimate of drug-likeness (QED) is 0.369. The third-order valence-electron chi connectivity index (χ3n) is 5.29. The summed E-state index contributed by atoms with van der Waals surface area (Å²) in [5.74, 6) is 1.06. The molecular weight excluding hydrogens is 422 g/mol. The first-order valence-corrected chi connectivity index (χ1v) is 11.8. The Morgan fingerprint density at radius 3 is 2.41 bits per heavy atom. The van der Waals surface area contributed by atoms with E-state index in [0.717, 1.165) is 35.0 Å². The van der Waals surface area contributed by atoms with Gasteiger partial charge in [-0.3, -0.25) is 9.59 Å². The van der Waals surface area contributed by atoms with E-state index in [0.29, 0.717) is 17.5 Å². The smallest absolute Gasteiger partial charge is 0.217 e. The lowest BCUT2D eigenvalue weighted by atomic mass is 10.2. The average molecular weight is 454 g/mol. The van der Waals surface area contributed by atoms with Crippen molar-refractivity contribution in [2.75, 3.05) is 5.75 Å². The van der Waals surface area contributed by atoms with Crippen LogP contribution in [0.4, 0.5) is 0 Å². The molecule has 3 aromatic rings. The van der Waals surface area contributed by atoms with Gasteiger partial charge >= 0.3 is 0 Å². The molecule has 2 N–H and O–H groups in total. The number of hydrogen-bond donors (Lipinski definition) is 1. The zero-order chi connectivity index (χ0) is 23.4. The normalized spacial score (nSPS) is 11.3. The Hall–Kier alpha value is -2.87. The highest BCUT2D eigenvalue weighted by Crippen LogP contribution is 2.25. The van der Waals surface area contributed by atoms with Gasteiger partial charge in [0.2, 0.25) is 5.91 Å². The molecule has 0 atom stereocenters. The van der Waals surface area contributed by atoms with Crippen molar-refractivity contribution in [2.45, 2.75) is 59.2 Å². The Morgan fingerprint density at radius 1 is 1.09 bits per heavy atom. The molecule has 0 radical (unpaired) electrons. The van der Waals surface area contributed by atoms with Crippen molar-refractivity contribution >= 4 is 23.5 Å². The Labute approximate surface area is 193 Å². The zero-order valence-corrected chi connectivity index (χ0v) is 20.2. The van der Waals surface area contributed by atoms with Gasteiger partial charge in [0, 0.05) is 42.0 Å². The SMILES string of the molecule is Cc1ccc(-n2c(C)cc(C(=O)CSc3nnc(CCC(N)=O)n3CC(C)C)c2C)cc1. The summed E-state index contributed by atoms with van der Waals surface area (Å²) in [5.41, 5.74) is 10.2. The van der Waals surface area contributed by atoms with Crippen LogP contribution < -0.4 is 5.73 Å². The maximum absolute atomic E-state index is 13.1. The van der Waals surface area contributed by atoms with Gasteiger partial charge < -0.3 is 14.9 Å². The van der Waals surface area contributed by atoms with Crippen molar-refractivity contribution in [1.82, 2.24) is 19.3 Å². The highest BCUT2D eigenvalue weighted by atomic mass is 32.2. The van der Waals surface area contributed by atoms with Gasteiger partial charge in [-0.05, 0) is 44.9 Å². The monoisotopic (exact) mass is 453 g/mol. The summed E-state index contributed by atoms with van der Waals surface area (Å²) in [6.07, 6.45) is 0.673. The molecule has 0 spiro atoms. The van der Waals surface area contributed by atoms with Gasteiger partial charge in [0.05, 0.1) is 5.75 Å². The fourth-order valence-corrected chi connectivity index (χ4v) is 4.59. The Morgan fingerprint density at radius 2 is 1.78 bits per heavy atom. The van der Waals surface area contributed by atoms with E-state index in [4.69, 9.17) is 5.73 Å². The van der Waals surface area contributed by atoms with E-state index in [1.54, 1.807) is 0 Å². The number of thioether (sulfide) groups is 1. The number of aromatic nitrogens is 4. The molecule has 1 amide bonds. The van der Waals surface area contributed by atoms with E-state index < -0.39 is 0 Å². The summed E-state index contributed by atoms with van der Waals surface area (Å²) >= 11 is 1.38. The van der Waals surface area contributed by atoms with Crippen LogP contribution in [0.3, 0.4) is 0 Å².